The predicted molar refractivity (Wildman–Crippen MR) is 93.8 cm³/mol. The molecule has 0 atom stereocenters. The Morgan fingerprint density at radius 2 is 1.88 bits per heavy atom. The zero-order valence-electron chi connectivity index (χ0n) is 14.9. The van der Waals surface area contributed by atoms with E-state index in [-0.39, 0.29) is 30.7 Å². The van der Waals surface area contributed by atoms with E-state index in [9.17, 15) is 9.59 Å². The molecule has 2 aromatic rings. The van der Waals surface area contributed by atoms with Gasteiger partial charge in [0.1, 0.15) is 30.5 Å². The first-order valence-corrected chi connectivity index (χ1v) is 8.02. The van der Waals surface area contributed by atoms with Gasteiger partial charge in [-0.15, -0.1) is 0 Å². The number of ether oxygens (including phenoxy) is 2. The van der Waals surface area contributed by atoms with Crippen molar-refractivity contribution in [2.75, 3.05) is 7.11 Å². The number of benzene rings is 1. The van der Waals surface area contributed by atoms with Crippen molar-refractivity contribution in [1.82, 2.24) is 14.9 Å². The average Bonchev–Trinajstić information content (AvgIpc) is 2.55. The summed E-state index contributed by atoms with van der Waals surface area (Å²) in [6.07, 6.45) is 0. The van der Waals surface area contributed by atoms with Crippen LogP contribution in [0, 0.1) is 6.92 Å². The van der Waals surface area contributed by atoms with Crippen LogP contribution in [0.1, 0.15) is 25.4 Å². The summed E-state index contributed by atoms with van der Waals surface area (Å²) in [5, 5.41) is 2.77. The third-order valence-corrected chi connectivity index (χ3v) is 3.39. The van der Waals surface area contributed by atoms with Gasteiger partial charge >= 0.3 is 0 Å². The molecule has 0 aliphatic heterocycles. The Balaban J connectivity index is 2.17. The van der Waals surface area contributed by atoms with E-state index >= 15 is 0 Å². The van der Waals surface area contributed by atoms with Crippen molar-refractivity contribution in [2.24, 2.45) is 0 Å². The van der Waals surface area contributed by atoms with Gasteiger partial charge in [0.25, 0.3) is 5.56 Å². The van der Waals surface area contributed by atoms with Gasteiger partial charge in [-0.25, -0.2) is 4.98 Å². The topological polar surface area (TPSA) is 82.5 Å². The van der Waals surface area contributed by atoms with Crippen molar-refractivity contribution < 1.29 is 14.3 Å². The van der Waals surface area contributed by atoms with Crippen molar-refractivity contribution in [3.8, 4) is 11.5 Å². The summed E-state index contributed by atoms with van der Waals surface area (Å²) in [5.74, 6) is 1.51. The summed E-state index contributed by atoms with van der Waals surface area (Å²) in [7, 11) is 1.59. The molecule has 1 aromatic carbocycles. The summed E-state index contributed by atoms with van der Waals surface area (Å²) in [4.78, 5) is 28.6. The molecule has 0 aliphatic rings. The SMILES string of the molecule is COc1ccc(OCc2nc(C)cc(=O)n2CC(=O)NC(C)C)cc1. The van der Waals surface area contributed by atoms with E-state index in [1.54, 1.807) is 38.3 Å². The van der Waals surface area contributed by atoms with Crippen LogP contribution in [0.4, 0.5) is 0 Å². The second kappa shape index (κ2) is 8.32. The summed E-state index contributed by atoms with van der Waals surface area (Å²) in [6, 6.07) is 8.50. The molecule has 0 bridgehead atoms. The van der Waals surface area contributed by atoms with Gasteiger partial charge in [0, 0.05) is 17.8 Å². The van der Waals surface area contributed by atoms with Crippen LogP contribution in [0.2, 0.25) is 0 Å². The first kappa shape index (κ1) is 18.5. The molecule has 25 heavy (non-hydrogen) atoms. The largest absolute Gasteiger partial charge is 0.497 e. The van der Waals surface area contributed by atoms with E-state index in [0.717, 1.165) is 5.75 Å². The van der Waals surface area contributed by atoms with Crippen LogP contribution in [0.25, 0.3) is 0 Å². The van der Waals surface area contributed by atoms with Crippen LogP contribution < -0.4 is 20.3 Å². The molecular weight excluding hydrogens is 322 g/mol. The first-order valence-electron chi connectivity index (χ1n) is 8.02. The Morgan fingerprint density at radius 1 is 1.24 bits per heavy atom. The molecule has 1 N–H and O–H groups in total. The fourth-order valence-electron chi connectivity index (χ4n) is 2.29. The fourth-order valence-corrected chi connectivity index (χ4v) is 2.29. The Bertz CT molecular complexity index is 782. The Morgan fingerprint density at radius 3 is 2.48 bits per heavy atom. The molecule has 2 rings (SSSR count). The standard InChI is InChI=1S/C18H23N3O4/c1-12(2)19-17(22)10-21-16(20-13(3)9-18(21)23)11-25-15-7-5-14(24-4)6-8-15/h5-9,12H,10-11H2,1-4H3,(H,19,22). The van der Waals surface area contributed by atoms with E-state index in [2.05, 4.69) is 10.3 Å². The monoisotopic (exact) mass is 345 g/mol. The molecule has 7 heteroatoms. The zero-order chi connectivity index (χ0) is 18.4. The van der Waals surface area contributed by atoms with Crippen molar-refractivity contribution in [2.45, 2.75) is 40.0 Å². The second-order valence-corrected chi connectivity index (χ2v) is 5.92. The number of carbonyl (C=O) groups is 1. The lowest BCUT2D eigenvalue weighted by molar-refractivity contribution is -0.122. The Labute approximate surface area is 146 Å². The molecule has 0 unspecified atom stereocenters. The minimum absolute atomic E-state index is 0.000564. The van der Waals surface area contributed by atoms with Crippen molar-refractivity contribution >= 4 is 5.91 Å². The predicted octanol–water partition coefficient (Wildman–Crippen LogP) is 1.66. The van der Waals surface area contributed by atoms with Crippen LogP contribution >= 0.6 is 0 Å². The highest BCUT2D eigenvalue weighted by Crippen LogP contribution is 2.17. The summed E-state index contributed by atoms with van der Waals surface area (Å²) < 4.78 is 12.1. The molecule has 134 valence electrons. The second-order valence-electron chi connectivity index (χ2n) is 5.92. The minimum Gasteiger partial charge on any atom is -0.497 e. The number of nitrogens with zero attached hydrogens (tertiary/aromatic N) is 2. The van der Waals surface area contributed by atoms with Crippen LogP contribution in [0.15, 0.2) is 35.1 Å². The van der Waals surface area contributed by atoms with E-state index in [4.69, 9.17) is 9.47 Å². The van der Waals surface area contributed by atoms with E-state index < -0.39 is 0 Å². The maximum Gasteiger partial charge on any atom is 0.254 e. The molecular formula is C18H23N3O4. The van der Waals surface area contributed by atoms with Gasteiger partial charge in [-0.3, -0.25) is 14.2 Å². The van der Waals surface area contributed by atoms with Crippen molar-refractivity contribution in [3.05, 3.63) is 52.2 Å². The summed E-state index contributed by atoms with van der Waals surface area (Å²) in [5.41, 5.74) is 0.304. The smallest absolute Gasteiger partial charge is 0.254 e. The molecule has 0 fully saturated rings. The molecule has 0 radical (unpaired) electrons. The van der Waals surface area contributed by atoms with Crippen LogP contribution in [0.3, 0.4) is 0 Å². The van der Waals surface area contributed by atoms with Gasteiger partial charge in [0.2, 0.25) is 5.91 Å². The van der Waals surface area contributed by atoms with Gasteiger partial charge in [0.15, 0.2) is 0 Å². The minimum atomic E-state index is -0.278. The quantitative estimate of drug-likeness (QED) is 0.825. The van der Waals surface area contributed by atoms with Gasteiger partial charge < -0.3 is 14.8 Å². The van der Waals surface area contributed by atoms with Gasteiger partial charge in [-0.1, -0.05) is 0 Å². The molecule has 7 nitrogen and oxygen atoms in total. The van der Waals surface area contributed by atoms with Gasteiger partial charge in [0.05, 0.1) is 7.11 Å². The molecule has 1 aromatic heterocycles. The normalized spacial score (nSPS) is 10.6. The maximum atomic E-state index is 12.2. The van der Waals surface area contributed by atoms with Crippen LogP contribution in [-0.2, 0) is 17.9 Å². The molecule has 0 aliphatic carbocycles. The Kier molecular flexibility index (Phi) is 6.16. The summed E-state index contributed by atoms with van der Waals surface area (Å²) >= 11 is 0. The highest BCUT2D eigenvalue weighted by Gasteiger charge is 2.12. The Hall–Kier alpha value is -2.83. The lowest BCUT2D eigenvalue weighted by atomic mass is 10.3. The molecule has 0 saturated carbocycles. The molecule has 1 heterocycles. The van der Waals surface area contributed by atoms with Crippen molar-refractivity contribution in [1.29, 1.82) is 0 Å². The molecule has 0 spiro atoms. The van der Waals surface area contributed by atoms with E-state index in [0.29, 0.717) is 17.3 Å². The number of nitrogens with one attached hydrogen (secondary N) is 1. The van der Waals surface area contributed by atoms with Gasteiger partial charge in [-0.2, -0.15) is 0 Å². The van der Waals surface area contributed by atoms with E-state index in [1.807, 2.05) is 13.8 Å². The first-order chi connectivity index (χ1) is 11.9. The number of carbonyl (C=O) groups excluding carboxylic acids is 1. The lowest BCUT2D eigenvalue weighted by Crippen LogP contribution is -2.37. The number of hydrogen-bond acceptors (Lipinski definition) is 5. The van der Waals surface area contributed by atoms with Crippen LogP contribution in [0.5, 0.6) is 11.5 Å². The number of rotatable bonds is 7. The number of aryl methyl sites for hydroxylation is 1. The number of hydrogen-bond donors (Lipinski definition) is 1. The molecule has 1 amide bonds. The number of methoxy groups -OCH3 is 1. The number of aromatic nitrogens is 2. The molecule has 0 saturated heterocycles. The lowest BCUT2D eigenvalue weighted by Gasteiger charge is -2.14. The fraction of sp³-hybridized carbons (Fsp3) is 0.389. The van der Waals surface area contributed by atoms with Crippen LogP contribution in [-0.4, -0.2) is 28.6 Å². The zero-order valence-corrected chi connectivity index (χ0v) is 14.9. The number of amides is 1. The van der Waals surface area contributed by atoms with E-state index in [1.165, 1.54) is 10.6 Å². The average molecular weight is 345 g/mol. The highest BCUT2D eigenvalue weighted by atomic mass is 16.5. The van der Waals surface area contributed by atoms with Crippen molar-refractivity contribution in [3.63, 3.8) is 0 Å². The summed E-state index contributed by atoms with van der Waals surface area (Å²) in [6.45, 7) is 5.45. The highest BCUT2D eigenvalue weighted by molar-refractivity contribution is 5.76. The van der Waals surface area contributed by atoms with Gasteiger partial charge in [-0.05, 0) is 45.0 Å². The third-order valence-electron chi connectivity index (χ3n) is 3.39. The third kappa shape index (κ3) is 5.34. The maximum absolute atomic E-state index is 12.2.